The highest BCUT2D eigenvalue weighted by Crippen LogP contribution is 2.35. The summed E-state index contributed by atoms with van der Waals surface area (Å²) < 4.78 is 0.894. The molecule has 5 heteroatoms. The fourth-order valence-electron chi connectivity index (χ4n) is 3.49. The maximum absolute atomic E-state index is 10.0. The van der Waals surface area contributed by atoms with Crippen LogP contribution in [0.1, 0.15) is 38.5 Å². The van der Waals surface area contributed by atoms with Crippen molar-refractivity contribution in [1.82, 2.24) is 9.97 Å². The second-order valence-corrected chi connectivity index (χ2v) is 6.62. The molecule has 2 fully saturated rings. The Kier molecular flexibility index (Phi) is 4.03. The summed E-state index contributed by atoms with van der Waals surface area (Å²) in [5, 5.41) is 10.0. The van der Waals surface area contributed by atoms with E-state index in [1.807, 2.05) is 0 Å². The van der Waals surface area contributed by atoms with E-state index in [1.165, 1.54) is 32.1 Å². The molecule has 0 radical (unpaired) electrons. The van der Waals surface area contributed by atoms with Crippen LogP contribution in [-0.4, -0.2) is 33.8 Å². The van der Waals surface area contributed by atoms with Crippen molar-refractivity contribution in [1.29, 1.82) is 0 Å². The number of aromatic nitrogens is 2. The lowest BCUT2D eigenvalue weighted by molar-refractivity contribution is 0.185. The highest BCUT2D eigenvalue weighted by atomic mass is 79.9. The molecule has 4 nitrogen and oxygen atoms in total. The number of hydrogen-bond acceptors (Lipinski definition) is 4. The molecule has 0 amide bonds. The first-order valence-electron chi connectivity index (χ1n) is 7.16. The number of aliphatic hydroxyl groups excluding tert-OH is 1. The second kappa shape index (κ2) is 5.75. The van der Waals surface area contributed by atoms with Gasteiger partial charge in [0.05, 0.1) is 10.6 Å². The first-order chi connectivity index (χ1) is 9.24. The van der Waals surface area contributed by atoms with E-state index >= 15 is 0 Å². The zero-order valence-electron chi connectivity index (χ0n) is 11.0. The van der Waals surface area contributed by atoms with Crippen molar-refractivity contribution in [3.63, 3.8) is 0 Å². The first-order valence-corrected chi connectivity index (χ1v) is 7.95. The van der Waals surface area contributed by atoms with E-state index in [2.05, 4.69) is 30.8 Å². The SMILES string of the molecule is O[C@@H]1C[C@@H](C2CCCCC2)N(c2ncc(Br)cn2)C1. The minimum atomic E-state index is -0.237. The minimum absolute atomic E-state index is 0.237. The van der Waals surface area contributed by atoms with Gasteiger partial charge in [-0.15, -0.1) is 0 Å². The molecular formula is C14H20BrN3O. The lowest BCUT2D eigenvalue weighted by Gasteiger charge is -2.33. The van der Waals surface area contributed by atoms with Crippen LogP contribution in [0.3, 0.4) is 0 Å². The van der Waals surface area contributed by atoms with Crippen molar-refractivity contribution >= 4 is 21.9 Å². The number of halogens is 1. The molecule has 1 aromatic heterocycles. The van der Waals surface area contributed by atoms with Crippen LogP contribution in [0.15, 0.2) is 16.9 Å². The van der Waals surface area contributed by atoms with Gasteiger partial charge in [-0.1, -0.05) is 19.3 Å². The average Bonchev–Trinajstić information content (AvgIpc) is 2.83. The average molecular weight is 326 g/mol. The lowest BCUT2D eigenvalue weighted by atomic mass is 9.83. The summed E-state index contributed by atoms with van der Waals surface area (Å²) in [4.78, 5) is 11.0. The van der Waals surface area contributed by atoms with Crippen molar-refractivity contribution in [3.8, 4) is 0 Å². The number of hydrogen-bond donors (Lipinski definition) is 1. The molecule has 1 saturated carbocycles. The van der Waals surface area contributed by atoms with E-state index in [4.69, 9.17) is 0 Å². The molecule has 1 aliphatic heterocycles. The highest BCUT2D eigenvalue weighted by molar-refractivity contribution is 9.10. The van der Waals surface area contributed by atoms with Gasteiger partial charge in [-0.25, -0.2) is 9.97 Å². The topological polar surface area (TPSA) is 49.2 Å². The number of rotatable bonds is 2. The van der Waals surface area contributed by atoms with Crippen LogP contribution in [0.25, 0.3) is 0 Å². The Morgan fingerprint density at radius 3 is 2.53 bits per heavy atom. The number of anilines is 1. The molecule has 2 heterocycles. The molecule has 1 N–H and O–H groups in total. The third kappa shape index (κ3) is 2.92. The lowest BCUT2D eigenvalue weighted by Crippen LogP contribution is -2.37. The summed E-state index contributed by atoms with van der Waals surface area (Å²) in [7, 11) is 0. The first kappa shape index (κ1) is 13.3. The second-order valence-electron chi connectivity index (χ2n) is 5.71. The Labute approximate surface area is 122 Å². The van der Waals surface area contributed by atoms with Gasteiger partial charge in [0.2, 0.25) is 5.95 Å². The Bertz CT molecular complexity index is 419. The molecule has 19 heavy (non-hydrogen) atoms. The molecule has 0 aromatic carbocycles. The Morgan fingerprint density at radius 2 is 1.84 bits per heavy atom. The van der Waals surface area contributed by atoms with Crippen LogP contribution in [0, 0.1) is 5.92 Å². The van der Waals surface area contributed by atoms with E-state index in [0.717, 1.165) is 16.8 Å². The fourth-order valence-corrected chi connectivity index (χ4v) is 3.70. The van der Waals surface area contributed by atoms with Gasteiger partial charge >= 0.3 is 0 Å². The molecule has 0 spiro atoms. The third-order valence-corrected chi connectivity index (χ3v) is 4.79. The molecule has 2 aliphatic rings. The predicted octanol–water partition coefficient (Wildman–Crippen LogP) is 2.76. The van der Waals surface area contributed by atoms with Crippen LogP contribution in [0.5, 0.6) is 0 Å². The maximum atomic E-state index is 10.0. The van der Waals surface area contributed by atoms with E-state index < -0.39 is 0 Å². The largest absolute Gasteiger partial charge is 0.391 e. The highest BCUT2D eigenvalue weighted by Gasteiger charge is 2.37. The van der Waals surface area contributed by atoms with Gasteiger partial charge in [0.1, 0.15) is 0 Å². The minimum Gasteiger partial charge on any atom is -0.391 e. The van der Waals surface area contributed by atoms with Gasteiger partial charge in [0.15, 0.2) is 0 Å². The monoisotopic (exact) mass is 325 g/mol. The molecule has 0 bridgehead atoms. The van der Waals surface area contributed by atoms with Crippen LogP contribution in [0.4, 0.5) is 5.95 Å². The van der Waals surface area contributed by atoms with E-state index in [9.17, 15) is 5.11 Å². The summed E-state index contributed by atoms with van der Waals surface area (Å²) in [5.74, 6) is 1.45. The van der Waals surface area contributed by atoms with Crippen LogP contribution in [0.2, 0.25) is 0 Å². The van der Waals surface area contributed by atoms with Gasteiger partial charge in [-0.05, 0) is 41.1 Å². The third-order valence-electron chi connectivity index (χ3n) is 4.38. The van der Waals surface area contributed by atoms with Crippen molar-refractivity contribution in [2.24, 2.45) is 5.92 Å². The van der Waals surface area contributed by atoms with Gasteiger partial charge in [0.25, 0.3) is 0 Å². The van der Waals surface area contributed by atoms with Crippen molar-refractivity contribution < 1.29 is 5.11 Å². The van der Waals surface area contributed by atoms with Crippen LogP contribution in [-0.2, 0) is 0 Å². The Hall–Kier alpha value is -0.680. The zero-order chi connectivity index (χ0) is 13.2. The fraction of sp³-hybridized carbons (Fsp3) is 0.714. The molecule has 1 aromatic rings. The van der Waals surface area contributed by atoms with Gasteiger partial charge in [0, 0.05) is 25.0 Å². The molecule has 0 unspecified atom stereocenters. The maximum Gasteiger partial charge on any atom is 0.225 e. The smallest absolute Gasteiger partial charge is 0.225 e. The number of aliphatic hydroxyl groups is 1. The number of nitrogens with zero attached hydrogens (tertiary/aromatic N) is 3. The molecule has 3 rings (SSSR count). The number of β-amino-alcohol motifs (C(OH)–C–C–N with tert-alkyl or cyclic N) is 1. The molecule has 2 atom stereocenters. The summed E-state index contributed by atoms with van der Waals surface area (Å²) in [6.45, 7) is 0.669. The quantitative estimate of drug-likeness (QED) is 0.908. The van der Waals surface area contributed by atoms with Gasteiger partial charge < -0.3 is 10.0 Å². The van der Waals surface area contributed by atoms with Crippen molar-refractivity contribution in [2.75, 3.05) is 11.4 Å². The standard InChI is InChI=1S/C14H20BrN3O/c15-11-7-16-14(17-8-11)18-9-12(19)6-13(18)10-4-2-1-3-5-10/h7-8,10,12-13,19H,1-6,9H2/t12-,13+/m1/s1. The van der Waals surface area contributed by atoms with Crippen LogP contribution >= 0.6 is 15.9 Å². The molecular weight excluding hydrogens is 306 g/mol. The summed E-state index contributed by atoms with van der Waals surface area (Å²) in [6, 6.07) is 0.413. The van der Waals surface area contributed by atoms with Crippen molar-refractivity contribution in [2.45, 2.75) is 50.7 Å². The van der Waals surface area contributed by atoms with E-state index in [0.29, 0.717) is 18.5 Å². The summed E-state index contributed by atoms with van der Waals surface area (Å²) in [5.41, 5.74) is 0. The molecule has 104 valence electrons. The normalized spacial score (nSPS) is 28.8. The van der Waals surface area contributed by atoms with E-state index in [1.54, 1.807) is 12.4 Å². The zero-order valence-corrected chi connectivity index (χ0v) is 12.6. The Balaban J connectivity index is 1.79. The van der Waals surface area contributed by atoms with Gasteiger partial charge in [-0.3, -0.25) is 0 Å². The molecule has 1 saturated heterocycles. The van der Waals surface area contributed by atoms with E-state index in [-0.39, 0.29) is 6.10 Å². The Morgan fingerprint density at radius 1 is 1.16 bits per heavy atom. The van der Waals surface area contributed by atoms with Gasteiger partial charge in [-0.2, -0.15) is 0 Å². The molecule has 1 aliphatic carbocycles. The summed E-state index contributed by atoms with van der Waals surface area (Å²) in [6.07, 6.45) is 10.8. The summed E-state index contributed by atoms with van der Waals surface area (Å²) >= 11 is 3.36. The van der Waals surface area contributed by atoms with Crippen LogP contribution < -0.4 is 4.90 Å². The van der Waals surface area contributed by atoms with Crippen molar-refractivity contribution in [3.05, 3.63) is 16.9 Å². The predicted molar refractivity (Wildman–Crippen MR) is 78.1 cm³/mol.